The predicted molar refractivity (Wildman–Crippen MR) is 103 cm³/mol. The van der Waals surface area contributed by atoms with Gasteiger partial charge < -0.3 is 15.7 Å². The molecule has 0 radical (unpaired) electrons. The summed E-state index contributed by atoms with van der Waals surface area (Å²) in [7, 11) is 0. The first-order chi connectivity index (χ1) is 12.2. The molecule has 2 aromatic rings. The summed E-state index contributed by atoms with van der Waals surface area (Å²) in [5.41, 5.74) is 1.63. The second kappa shape index (κ2) is 8.92. The minimum absolute atomic E-state index is 0.144. The minimum atomic E-state index is -0.418. The molecule has 1 aliphatic rings. The van der Waals surface area contributed by atoms with Crippen LogP contribution in [0.1, 0.15) is 37.3 Å². The number of hydrogen-bond donors (Lipinski definition) is 3. The van der Waals surface area contributed by atoms with Crippen molar-refractivity contribution in [1.82, 2.24) is 5.32 Å². The van der Waals surface area contributed by atoms with E-state index in [0.717, 1.165) is 16.5 Å². The fourth-order valence-electron chi connectivity index (χ4n) is 3.06. The second-order valence-electron chi connectivity index (χ2n) is 6.29. The van der Waals surface area contributed by atoms with Gasteiger partial charge in [-0.3, -0.25) is 0 Å². The number of nitrogens with one attached hydrogen (secondary N) is 2. The average Bonchev–Trinajstić information content (AvgIpc) is 3.15. The first-order valence-corrected chi connectivity index (χ1v) is 9.62. The number of anilines is 1. The van der Waals surface area contributed by atoms with Gasteiger partial charge in [-0.15, -0.1) is 11.8 Å². The van der Waals surface area contributed by atoms with Crippen LogP contribution in [0.2, 0.25) is 0 Å². The molecule has 0 saturated heterocycles. The van der Waals surface area contributed by atoms with Gasteiger partial charge in [0.2, 0.25) is 0 Å². The molecule has 1 aliphatic carbocycles. The predicted octanol–water partition coefficient (Wildman–Crippen LogP) is 4.58. The number of amides is 2. The monoisotopic (exact) mass is 356 g/mol. The Labute approximate surface area is 153 Å². The van der Waals surface area contributed by atoms with E-state index in [4.69, 9.17) is 0 Å². The van der Waals surface area contributed by atoms with Crippen LogP contribution in [0, 0.1) is 0 Å². The lowest BCUT2D eigenvalue weighted by atomic mass is 10.1. The van der Waals surface area contributed by atoms with Crippen LogP contribution in [-0.4, -0.2) is 23.0 Å². The molecule has 2 amide bonds. The summed E-state index contributed by atoms with van der Waals surface area (Å²) in [4.78, 5) is 13.4. The fraction of sp³-hybridized carbons (Fsp3) is 0.350. The Morgan fingerprint density at radius 3 is 2.40 bits per heavy atom. The van der Waals surface area contributed by atoms with Gasteiger partial charge in [-0.25, -0.2) is 4.79 Å². The van der Waals surface area contributed by atoms with Gasteiger partial charge in [-0.05, 0) is 42.7 Å². The smallest absolute Gasteiger partial charge is 0.319 e. The summed E-state index contributed by atoms with van der Waals surface area (Å²) >= 11 is 1.93. The molecule has 1 unspecified atom stereocenters. The highest BCUT2D eigenvalue weighted by atomic mass is 32.2. The third kappa shape index (κ3) is 5.25. The highest BCUT2D eigenvalue weighted by Crippen LogP contribution is 2.34. The average molecular weight is 356 g/mol. The van der Waals surface area contributed by atoms with Crippen molar-refractivity contribution in [3.63, 3.8) is 0 Å². The maximum atomic E-state index is 12.2. The van der Waals surface area contributed by atoms with Gasteiger partial charge in [0.25, 0.3) is 0 Å². The summed E-state index contributed by atoms with van der Waals surface area (Å²) in [5, 5.41) is 15.9. The standard InChI is InChI=1S/C20H24N2O2S/c23-14-19(15-6-2-1-3-7-15)22-20(24)21-16-10-12-18(13-11-16)25-17-8-4-5-9-17/h1-3,6-7,10-13,17,19,23H,4-5,8-9,14H2,(H2,21,22,24). The Balaban J connectivity index is 1.53. The molecule has 0 heterocycles. The number of carbonyl (C=O) groups excluding carboxylic acids is 1. The molecule has 1 fully saturated rings. The quantitative estimate of drug-likeness (QED) is 0.710. The molecule has 1 atom stereocenters. The molecular weight excluding hydrogens is 332 g/mol. The van der Waals surface area contributed by atoms with Crippen molar-refractivity contribution in [2.75, 3.05) is 11.9 Å². The molecule has 5 heteroatoms. The van der Waals surface area contributed by atoms with E-state index in [0.29, 0.717) is 0 Å². The first kappa shape index (κ1) is 17.8. The van der Waals surface area contributed by atoms with Crippen LogP contribution < -0.4 is 10.6 Å². The van der Waals surface area contributed by atoms with E-state index in [2.05, 4.69) is 22.8 Å². The van der Waals surface area contributed by atoms with E-state index >= 15 is 0 Å². The van der Waals surface area contributed by atoms with Crippen molar-refractivity contribution >= 4 is 23.5 Å². The van der Waals surface area contributed by atoms with Crippen molar-refractivity contribution < 1.29 is 9.90 Å². The number of thioether (sulfide) groups is 1. The number of benzene rings is 2. The molecule has 0 aliphatic heterocycles. The summed E-state index contributed by atoms with van der Waals surface area (Å²) in [6.45, 7) is -0.144. The Hall–Kier alpha value is -1.98. The second-order valence-corrected chi connectivity index (χ2v) is 7.67. The van der Waals surface area contributed by atoms with Crippen molar-refractivity contribution in [3.05, 3.63) is 60.2 Å². The van der Waals surface area contributed by atoms with Gasteiger partial charge >= 0.3 is 6.03 Å². The summed E-state index contributed by atoms with van der Waals surface area (Å²) < 4.78 is 0. The van der Waals surface area contributed by atoms with E-state index < -0.39 is 6.04 Å². The lowest BCUT2D eigenvalue weighted by molar-refractivity contribution is 0.225. The van der Waals surface area contributed by atoms with Crippen molar-refractivity contribution in [1.29, 1.82) is 0 Å². The Kier molecular flexibility index (Phi) is 6.36. The van der Waals surface area contributed by atoms with E-state index in [1.807, 2.05) is 54.2 Å². The molecule has 3 N–H and O–H groups in total. The third-order valence-electron chi connectivity index (χ3n) is 4.41. The molecule has 1 saturated carbocycles. The van der Waals surface area contributed by atoms with Crippen LogP contribution in [0.25, 0.3) is 0 Å². The topological polar surface area (TPSA) is 61.4 Å². The lowest BCUT2D eigenvalue weighted by Crippen LogP contribution is -2.34. The van der Waals surface area contributed by atoms with E-state index in [1.54, 1.807) is 0 Å². The molecule has 0 aromatic heterocycles. The van der Waals surface area contributed by atoms with Crippen LogP contribution in [0.15, 0.2) is 59.5 Å². The number of urea groups is 1. The first-order valence-electron chi connectivity index (χ1n) is 8.74. The van der Waals surface area contributed by atoms with Crippen LogP contribution in [-0.2, 0) is 0 Å². The number of aliphatic hydroxyl groups is 1. The Bertz CT molecular complexity index is 670. The molecule has 0 bridgehead atoms. The zero-order chi connectivity index (χ0) is 17.5. The molecule has 3 rings (SSSR count). The molecule has 4 nitrogen and oxygen atoms in total. The van der Waals surface area contributed by atoms with Crippen LogP contribution in [0.3, 0.4) is 0 Å². The van der Waals surface area contributed by atoms with Gasteiger partial charge in [0.1, 0.15) is 0 Å². The number of carbonyl (C=O) groups is 1. The summed E-state index contributed by atoms with van der Waals surface area (Å²) in [5.74, 6) is 0. The van der Waals surface area contributed by atoms with Crippen molar-refractivity contribution in [2.45, 2.75) is 41.9 Å². The number of aliphatic hydroxyl groups excluding tert-OH is 1. The Morgan fingerprint density at radius 2 is 1.76 bits per heavy atom. The minimum Gasteiger partial charge on any atom is -0.394 e. The lowest BCUT2D eigenvalue weighted by Gasteiger charge is -2.17. The van der Waals surface area contributed by atoms with Gasteiger partial charge in [0.15, 0.2) is 0 Å². The number of hydrogen-bond acceptors (Lipinski definition) is 3. The van der Waals surface area contributed by atoms with Crippen LogP contribution >= 0.6 is 11.8 Å². The summed E-state index contributed by atoms with van der Waals surface area (Å²) in [6.07, 6.45) is 5.28. The fourth-order valence-corrected chi connectivity index (χ4v) is 4.31. The highest BCUT2D eigenvalue weighted by Gasteiger charge is 2.16. The van der Waals surface area contributed by atoms with Crippen LogP contribution in [0.4, 0.5) is 10.5 Å². The van der Waals surface area contributed by atoms with Crippen molar-refractivity contribution in [3.8, 4) is 0 Å². The Morgan fingerprint density at radius 1 is 1.08 bits per heavy atom. The van der Waals surface area contributed by atoms with Gasteiger partial charge in [0.05, 0.1) is 12.6 Å². The third-order valence-corrected chi connectivity index (χ3v) is 5.76. The van der Waals surface area contributed by atoms with Gasteiger partial charge in [-0.1, -0.05) is 43.2 Å². The largest absolute Gasteiger partial charge is 0.394 e. The molecule has 25 heavy (non-hydrogen) atoms. The zero-order valence-corrected chi connectivity index (χ0v) is 15.0. The van der Waals surface area contributed by atoms with Gasteiger partial charge in [-0.2, -0.15) is 0 Å². The molecule has 0 spiro atoms. The zero-order valence-electron chi connectivity index (χ0n) is 14.2. The van der Waals surface area contributed by atoms with Crippen LogP contribution in [0.5, 0.6) is 0 Å². The van der Waals surface area contributed by atoms with E-state index in [9.17, 15) is 9.90 Å². The normalized spacial score (nSPS) is 15.7. The van der Waals surface area contributed by atoms with Crippen molar-refractivity contribution in [2.24, 2.45) is 0 Å². The van der Waals surface area contributed by atoms with E-state index in [1.165, 1.54) is 30.6 Å². The SMILES string of the molecule is O=C(Nc1ccc(SC2CCCC2)cc1)NC(CO)c1ccccc1. The summed E-state index contributed by atoms with van der Waals surface area (Å²) in [6, 6.07) is 16.7. The molecule has 2 aromatic carbocycles. The maximum absolute atomic E-state index is 12.2. The maximum Gasteiger partial charge on any atom is 0.319 e. The van der Waals surface area contributed by atoms with Gasteiger partial charge in [0, 0.05) is 15.8 Å². The number of rotatable bonds is 6. The van der Waals surface area contributed by atoms with E-state index in [-0.39, 0.29) is 12.6 Å². The molecule has 132 valence electrons. The highest BCUT2D eigenvalue weighted by molar-refractivity contribution is 8.00. The molecular formula is C20H24N2O2S.